The van der Waals surface area contributed by atoms with Crippen LogP contribution in [0.3, 0.4) is 0 Å². The van der Waals surface area contributed by atoms with Crippen LogP contribution in [0.5, 0.6) is 5.75 Å². The summed E-state index contributed by atoms with van der Waals surface area (Å²) in [6.45, 7) is -0.157. The molecule has 0 aromatic heterocycles. The summed E-state index contributed by atoms with van der Waals surface area (Å²) in [6, 6.07) is 14.7. The molecule has 1 aliphatic rings. The number of carbonyl (C=O) groups excluding carboxylic acids is 2. The van der Waals surface area contributed by atoms with E-state index in [9.17, 15) is 9.59 Å². The van der Waals surface area contributed by atoms with Crippen LogP contribution in [0, 0.1) is 0 Å². The minimum atomic E-state index is -0.490. The molecule has 1 fully saturated rings. The molecule has 1 aliphatic heterocycles. The van der Waals surface area contributed by atoms with E-state index in [4.69, 9.17) is 21.7 Å². The molecule has 1 heterocycles. The fourth-order valence-corrected chi connectivity index (χ4v) is 3.36. The van der Waals surface area contributed by atoms with E-state index in [-0.39, 0.29) is 17.6 Å². The Balaban J connectivity index is 2.00. The highest BCUT2D eigenvalue weighted by Gasteiger charge is 2.40. The average molecular weight is 426 g/mol. The number of nitrogens with zero attached hydrogens (tertiary/aromatic N) is 3. The lowest BCUT2D eigenvalue weighted by molar-refractivity contribution is -0.140. The topological polar surface area (TPSA) is 62.3 Å². The molecule has 0 unspecified atom stereocenters. The molecule has 0 atom stereocenters. The van der Waals surface area contributed by atoms with Gasteiger partial charge in [0.1, 0.15) is 18.0 Å². The Kier molecular flexibility index (Phi) is 6.37. The number of thiocarbonyl (C=S) groups is 1. The van der Waals surface area contributed by atoms with Gasteiger partial charge in [-0.1, -0.05) is 12.1 Å². The molecule has 2 aromatic carbocycles. The Hall–Kier alpha value is -3.39. The number of esters is 1. The summed E-state index contributed by atoms with van der Waals surface area (Å²) in [5.74, 6) is -0.138. The molecule has 0 aliphatic carbocycles. The first-order valence-electron chi connectivity index (χ1n) is 9.21. The SMILES string of the molecule is COC(=O)CN1C(=S)N(c2ccc(OC)cc2)C(=O)/C1=C/c1ccc(N(C)C)cc1. The van der Waals surface area contributed by atoms with E-state index in [0.717, 1.165) is 11.3 Å². The average Bonchev–Trinajstić information content (AvgIpc) is 2.98. The second-order valence-corrected chi connectivity index (χ2v) is 7.16. The second kappa shape index (κ2) is 8.96. The predicted octanol–water partition coefficient (Wildman–Crippen LogP) is 2.91. The lowest BCUT2D eigenvalue weighted by atomic mass is 10.1. The van der Waals surface area contributed by atoms with Crippen molar-refractivity contribution in [3.8, 4) is 5.75 Å². The van der Waals surface area contributed by atoms with E-state index in [2.05, 4.69) is 0 Å². The highest BCUT2D eigenvalue weighted by Crippen LogP contribution is 2.30. The van der Waals surface area contributed by atoms with Gasteiger partial charge < -0.3 is 19.3 Å². The number of hydrogen-bond acceptors (Lipinski definition) is 6. The third kappa shape index (κ3) is 4.28. The molecule has 3 rings (SSSR count). The normalized spacial score (nSPS) is 15.0. The Labute approximate surface area is 181 Å². The van der Waals surface area contributed by atoms with Crippen molar-refractivity contribution in [2.45, 2.75) is 0 Å². The summed E-state index contributed by atoms with van der Waals surface area (Å²) in [4.78, 5) is 30.1. The van der Waals surface area contributed by atoms with Crippen molar-refractivity contribution in [3.63, 3.8) is 0 Å². The first-order chi connectivity index (χ1) is 14.3. The Morgan fingerprint density at radius 3 is 2.23 bits per heavy atom. The van der Waals surface area contributed by atoms with Crippen LogP contribution < -0.4 is 14.5 Å². The van der Waals surface area contributed by atoms with Crippen LogP contribution in [0.25, 0.3) is 6.08 Å². The highest BCUT2D eigenvalue weighted by atomic mass is 32.1. The molecule has 1 saturated heterocycles. The number of amides is 1. The van der Waals surface area contributed by atoms with Crippen molar-refractivity contribution in [1.29, 1.82) is 0 Å². The Morgan fingerprint density at radius 2 is 1.70 bits per heavy atom. The van der Waals surface area contributed by atoms with Crippen LogP contribution in [0.1, 0.15) is 5.56 Å². The third-order valence-electron chi connectivity index (χ3n) is 4.69. The predicted molar refractivity (Wildman–Crippen MR) is 121 cm³/mol. The summed E-state index contributed by atoms with van der Waals surface area (Å²) in [5, 5.41) is 0.215. The van der Waals surface area contributed by atoms with Gasteiger partial charge >= 0.3 is 5.97 Å². The van der Waals surface area contributed by atoms with Gasteiger partial charge in [0, 0.05) is 19.8 Å². The van der Waals surface area contributed by atoms with Gasteiger partial charge in [0.15, 0.2) is 5.11 Å². The van der Waals surface area contributed by atoms with Crippen LogP contribution in [0.15, 0.2) is 54.2 Å². The molecule has 0 saturated carbocycles. The van der Waals surface area contributed by atoms with E-state index in [0.29, 0.717) is 17.1 Å². The van der Waals surface area contributed by atoms with Gasteiger partial charge in [0.2, 0.25) is 0 Å². The zero-order valence-electron chi connectivity index (χ0n) is 17.3. The van der Waals surface area contributed by atoms with E-state index in [1.165, 1.54) is 16.9 Å². The van der Waals surface area contributed by atoms with Crippen LogP contribution in [0.4, 0.5) is 11.4 Å². The molecule has 30 heavy (non-hydrogen) atoms. The van der Waals surface area contributed by atoms with Gasteiger partial charge in [0.05, 0.1) is 19.9 Å². The molecule has 156 valence electrons. The number of anilines is 2. The van der Waals surface area contributed by atoms with Gasteiger partial charge in [-0.2, -0.15) is 0 Å². The maximum Gasteiger partial charge on any atom is 0.325 e. The van der Waals surface area contributed by atoms with Crippen LogP contribution in [-0.4, -0.2) is 56.7 Å². The van der Waals surface area contributed by atoms with Gasteiger partial charge in [0.25, 0.3) is 5.91 Å². The van der Waals surface area contributed by atoms with Gasteiger partial charge in [-0.25, -0.2) is 0 Å². The van der Waals surface area contributed by atoms with Gasteiger partial charge in [-0.05, 0) is 60.3 Å². The maximum atomic E-state index is 13.3. The number of ether oxygens (including phenoxy) is 2. The van der Waals surface area contributed by atoms with E-state index in [1.54, 1.807) is 37.5 Å². The first kappa shape index (κ1) is 21.3. The van der Waals surface area contributed by atoms with Crippen LogP contribution >= 0.6 is 12.2 Å². The summed E-state index contributed by atoms with van der Waals surface area (Å²) >= 11 is 5.54. The lowest BCUT2D eigenvalue weighted by Gasteiger charge is -2.19. The molecule has 8 heteroatoms. The molecule has 0 bridgehead atoms. The van der Waals surface area contributed by atoms with Crippen molar-refractivity contribution in [3.05, 3.63) is 59.8 Å². The monoisotopic (exact) mass is 425 g/mol. The van der Waals surface area contributed by atoms with E-state index < -0.39 is 5.97 Å². The smallest absolute Gasteiger partial charge is 0.325 e. The number of carbonyl (C=O) groups is 2. The minimum absolute atomic E-state index is 0.157. The van der Waals surface area contributed by atoms with Crippen molar-refractivity contribution < 1.29 is 19.1 Å². The third-order valence-corrected chi connectivity index (χ3v) is 5.10. The fraction of sp³-hybridized carbons (Fsp3) is 0.227. The lowest BCUT2D eigenvalue weighted by Crippen LogP contribution is -2.35. The quantitative estimate of drug-likeness (QED) is 0.401. The summed E-state index contributed by atoms with van der Waals surface area (Å²) in [6.07, 6.45) is 1.72. The summed E-state index contributed by atoms with van der Waals surface area (Å²) < 4.78 is 9.97. The molecule has 2 aromatic rings. The Bertz CT molecular complexity index is 984. The zero-order chi connectivity index (χ0) is 21.8. The molecule has 0 radical (unpaired) electrons. The first-order valence-corrected chi connectivity index (χ1v) is 9.62. The molecule has 0 spiro atoms. The Morgan fingerprint density at radius 1 is 1.07 bits per heavy atom. The minimum Gasteiger partial charge on any atom is -0.497 e. The standard InChI is InChI=1S/C22H23N3O4S/c1-23(2)16-7-5-15(6-8-16)13-19-21(27)25(17-9-11-18(28-3)12-10-17)22(30)24(19)14-20(26)29-4/h5-13H,14H2,1-4H3/b19-13-. The van der Waals surface area contributed by atoms with Crippen molar-refractivity contribution in [2.24, 2.45) is 0 Å². The summed E-state index contributed by atoms with van der Waals surface area (Å²) in [7, 11) is 6.78. The molecule has 7 nitrogen and oxygen atoms in total. The number of rotatable bonds is 6. The van der Waals surface area contributed by atoms with Crippen LogP contribution in [-0.2, 0) is 14.3 Å². The largest absolute Gasteiger partial charge is 0.497 e. The maximum absolute atomic E-state index is 13.3. The molecular weight excluding hydrogens is 402 g/mol. The molecule has 0 N–H and O–H groups in total. The highest BCUT2D eigenvalue weighted by molar-refractivity contribution is 7.80. The second-order valence-electron chi connectivity index (χ2n) is 6.80. The number of hydrogen-bond donors (Lipinski definition) is 0. The van der Waals surface area contributed by atoms with E-state index >= 15 is 0 Å². The summed E-state index contributed by atoms with van der Waals surface area (Å²) in [5.41, 5.74) is 2.75. The zero-order valence-corrected chi connectivity index (χ0v) is 18.1. The fourth-order valence-electron chi connectivity index (χ4n) is 3.01. The number of benzene rings is 2. The van der Waals surface area contributed by atoms with Gasteiger partial charge in [-0.15, -0.1) is 0 Å². The van der Waals surface area contributed by atoms with Crippen molar-refractivity contribution in [1.82, 2.24) is 4.90 Å². The van der Waals surface area contributed by atoms with Crippen molar-refractivity contribution >= 4 is 46.7 Å². The van der Waals surface area contributed by atoms with Crippen molar-refractivity contribution in [2.75, 3.05) is 44.7 Å². The molecular formula is C22H23N3O4S. The van der Waals surface area contributed by atoms with Crippen LogP contribution in [0.2, 0.25) is 0 Å². The van der Waals surface area contributed by atoms with E-state index in [1.807, 2.05) is 43.3 Å². The molecule has 1 amide bonds. The van der Waals surface area contributed by atoms with Gasteiger partial charge in [-0.3, -0.25) is 14.5 Å². The number of methoxy groups -OCH3 is 2.